The van der Waals surface area contributed by atoms with Gasteiger partial charge < -0.3 is 10.2 Å². The molecular weight excluding hydrogens is 147 g/mol. The zero-order chi connectivity index (χ0) is 8.43. The molecule has 0 amide bonds. The van der Waals surface area contributed by atoms with Crippen LogP contribution in [0.3, 0.4) is 0 Å². The Hall–Kier alpha value is -0.410. The number of allylic oxidation sites excluding steroid dienone is 1. The van der Waals surface area contributed by atoms with Crippen LogP contribution in [0.4, 0.5) is 4.39 Å². The van der Waals surface area contributed by atoms with Crippen LogP contribution in [0, 0.1) is 5.92 Å². The van der Waals surface area contributed by atoms with Crippen molar-refractivity contribution in [2.45, 2.75) is 32.2 Å². The highest BCUT2D eigenvalue weighted by atomic mass is 19.1. The second-order valence-electron chi connectivity index (χ2n) is 3.09. The third-order valence-corrected chi connectivity index (χ3v) is 2.13. The highest BCUT2D eigenvalue weighted by molar-refractivity contribution is 5.10. The van der Waals surface area contributed by atoms with Crippen molar-refractivity contribution in [3.05, 3.63) is 11.6 Å². The van der Waals surface area contributed by atoms with Gasteiger partial charge >= 0.3 is 0 Å². The van der Waals surface area contributed by atoms with E-state index in [1.54, 1.807) is 6.08 Å². The molecule has 1 unspecified atom stereocenters. The Labute approximate surface area is 65.4 Å². The molecule has 1 aliphatic carbocycles. The lowest BCUT2D eigenvalue weighted by molar-refractivity contribution is -0.0155. The molecule has 0 aromatic heterocycles. The largest absolute Gasteiger partial charge is 0.365 e. The first kappa shape index (κ1) is 8.68. The highest BCUT2D eigenvalue weighted by Crippen LogP contribution is 2.27. The van der Waals surface area contributed by atoms with Crippen LogP contribution in [0.15, 0.2) is 11.6 Å². The summed E-state index contributed by atoms with van der Waals surface area (Å²) in [5.41, 5.74) is 0.413. The zero-order valence-electron chi connectivity index (χ0n) is 6.50. The summed E-state index contributed by atoms with van der Waals surface area (Å²) in [5.74, 6) is 0.0116. The number of aliphatic hydroxyl groups excluding tert-OH is 1. The van der Waals surface area contributed by atoms with Crippen molar-refractivity contribution in [2.75, 3.05) is 0 Å². The van der Waals surface area contributed by atoms with Gasteiger partial charge in [-0.2, -0.15) is 0 Å². The molecule has 0 radical (unpaired) electrons. The highest BCUT2D eigenvalue weighted by Gasteiger charge is 2.23. The molecule has 0 bridgehead atoms. The minimum absolute atomic E-state index is 0.0116. The first-order valence-corrected chi connectivity index (χ1v) is 3.80. The summed E-state index contributed by atoms with van der Waals surface area (Å²) in [5, 5.41) is 17.4. The summed E-state index contributed by atoms with van der Waals surface area (Å²) in [6.45, 7) is 1.82. The number of rotatable bonds is 1. The van der Waals surface area contributed by atoms with Crippen LogP contribution >= 0.6 is 0 Å². The van der Waals surface area contributed by atoms with Crippen LogP contribution in [-0.2, 0) is 0 Å². The fourth-order valence-corrected chi connectivity index (χ4v) is 1.21. The molecule has 0 aliphatic heterocycles. The minimum atomic E-state index is -1.47. The first-order valence-electron chi connectivity index (χ1n) is 3.80. The smallest absolute Gasteiger partial charge is 0.174 e. The SMILES string of the molecule is C[C@H]1CC=C(C(O)O)CC1F. The van der Waals surface area contributed by atoms with Crippen LogP contribution in [0.2, 0.25) is 0 Å². The predicted octanol–water partition coefficient (Wildman–Crippen LogP) is 0.991. The average molecular weight is 160 g/mol. The summed E-state index contributed by atoms with van der Waals surface area (Å²) in [4.78, 5) is 0. The van der Waals surface area contributed by atoms with Gasteiger partial charge in [-0.25, -0.2) is 4.39 Å². The van der Waals surface area contributed by atoms with Crippen LogP contribution in [0.1, 0.15) is 19.8 Å². The van der Waals surface area contributed by atoms with E-state index in [0.717, 1.165) is 0 Å². The molecule has 1 rings (SSSR count). The van der Waals surface area contributed by atoms with Gasteiger partial charge in [0.15, 0.2) is 6.29 Å². The van der Waals surface area contributed by atoms with E-state index in [1.807, 2.05) is 6.92 Å². The van der Waals surface area contributed by atoms with E-state index in [2.05, 4.69) is 0 Å². The topological polar surface area (TPSA) is 40.5 Å². The average Bonchev–Trinajstić information content (AvgIpc) is 1.94. The Bertz CT molecular complexity index is 165. The lowest BCUT2D eigenvalue weighted by Crippen LogP contribution is -2.22. The van der Waals surface area contributed by atoms with Crippen molar-refractivity contribution in [3.8, 4) is 0 Å². The first-order chi connectivity index (χ1) is 5.11. The Kier molecular flexibility index (Phi) is 2.62. The van der Waals surface area contributed by atoms with Crippen LogP contribution in [0.5, 0.6) is 0 Å². The maximum Gasteiger partial charge on any atom is 0.174 e. The number of hydrogen-bond acceptors (Lipinski definition) is 2. The Balaban J connectivity index is 2.59. The molecule has 2 nitrogen and oxygen atoms in total. The number of hydrogen-bond donors (Lipinski definition) is 2. The van der Waals surface area contributed by atoms with E-state index in [4.69, 9.17) is 10.2 Å². The van der Waals surface area contributed by atoms with Crippen molar-refractivity contribution in [2.24, 2.45) is 5.92 Å². The van der Waals surface area contributed by atoms with Crippen molar-refractivity contribution in [3.63, 3.8) is 0 Å². The van der Waals surface area contributed by atoms with Gasteiger partial charge in [0.05, 0.1) is 0 Å². The molecule has 64 valence electrons. The fourth-order valence-electron chi connectivity index (χ4n) is 1.21. The molecule has 2 atom stereocenters. The van der Waals surface area contributed by atoms with Gasteiger partial charge in [0.25, 0.3) is 0 Å². The number of aliphatic hydroxyl groups is 2. The quantitative estimate of drug-likeness (QED) is 0.443. The molecule has 0 fully saturated rings. The number of halogens is 1. The van der Waals surface area contributed by atoms with Gasteiger partial charge in [-0.15, -0.1) is 0 Å². The van der Waals surface area contributed by atoms with Gasteiger partial charge in [0.2, 0.25) is 0 Å². The minimum Gasteiger partial charge on any atom is -0.365 e. The molecule has 0 saturated carbocycles. The van der Waals surface area contributed by atoms with Crippen LogP contribution in [0.25, 0.3) is 0 Å². The molecule has 0 aromatic rings. The molecule has 0 heterocycles. The summed E-state index contributed by atoms with van der Waals surface area (Å²) >= 11 is 0. The molecule has 3 heteroatoms. The summed E-state index contributed by atoms with van der Waals surface area (Å²) in [6, 6.07) is 0. The molecule has 11 heavy (non-hydrogen) atoms. The van der Waals surface area contributed by atoms with Gasteiger partial charge in [-0.1, -0.05) is 13.0 Å². The lowest BCUT2D eigenvalue weighted by atomic mass is 9.89. The third kappa shape index (κ3) is 2.01. The van der Waals surface area contributed by atoms with Gasteiger partial charge in [0, 0.05) is 6.42 Å². The van der Waals surface area contributed by atoms with E-state index in [-0.39, 0.29) is 12.3 Å². The summed E-state index contributed by atoms with van der Waals surface area (Å²) in [6.07, 6.45) is 0.0933. The maximum atomic E-state index is 12.9. The zero-order valence-corrected chi connectivity index (χ0v) is 6.50. The number of alkyl halides is 1. The monoisotopic (exact) mass is 160 g/mol. The van der Waals surface area contributed by atoms with Gasteiger partial charge in [-0.05, 0) is 17.9 Å². The molecule has 0 saturated heterocycles. The maximum absolute atomic E-state index is 12.9. The van der Waals surface area contributed by atoms with Gasteiger partial charge in [0.1, 0.15) is 6.17 Å². The van der Waals surface area contributed by atoms with Crippen molar-refractivity contribution in [1.82, 2.24) is 0 Å². The standard InChI is InChI=1S/C8H13FO2/c1-5-2-3-6(8(10)11)4-7(5)9/h3,5,7-8,10-11H,2,4H2,1H3/t5-,7?/m0/s1. The molecular formula is C8H13FO2. The van der Waals surface area contributed by atoms with E-state index in [9.17, 15) is 4.39 Å². The van der Waals surface area contributed by atoms with Crippen LogP contribution < -0.4 is 0 Å². The Morgan fingerprint density at radius 2 is 2.27 bits per heavy atom. The second kappa shape index (κ2) is 3.32. The third-order valence-electron chi connectivity index (χ3n) is 2.13. The fraction of sp³-hybridized carbons (Fsp3) is 0.750. The molecule has 0 spiro atoms. The lowest BCUT2D eigenvalue weighted by Gasteiger charge is -2.23. The predicted molar refractivity (Wildman–Crippen MR) is 39.6 cm³/mol. The van der Waals surface area contributed by atoms with E-state index < -0.39 is 12.5 Å². The van der Waals surface area contributed by atoms with Crippen molar-refractivity contribution in [1.29, 1.82) is 0 Å². The Morgan fingerprint density at radius 3 is 2.73 bits per heavy atom. The van der Waals surface area contributed by atoms with Crippen molar-refractivity contribution >= 4 is 0 Å². The Morgan fingerprint density at radius 1 is 1.64 bits per heavy atom. The van der Waals surface area contributed by atoms with E-state index >= 15 is 0 Å². The van der Waals surface area contributed by atoms with Gasteiger partial charge in [-0.3, -0.25) is 0 Å². The molecule has 1 aliphatic rings. The second-order valence-corrected chi connectivity index (χ2v) is 3.09. The van der Waals surface area contributed by atoms with Crippen molar-refractivity contribution < 1.29 is 14.6 Å². The molecule has 2 N–H and O–H groups in total. The normalized spacial score (nSPS) is 32.3. The van der Waals surface area contributed by atoms with E-state index in [0.29, 0.717) is 12.0 Å². The van der Waals surface area contributed by atoms with Crippen LogP contribution in [-0.4, -0.2) is 22.7 Å². The van der Waals surface area contributed by atoms with E-state index in [1.165, 1.54) is 0 Å². The summed E-state index contributed by atoms with van der Waals surface area (Å²) < 4.78 is 12.9. The molecule has 0 aromatic carbocycles. The summed E-state index contributed by atoms with van der Waals surface area (Å²) in [7, 11) is 0.